The Morgan fingerprint density at radius 1 is 1.15 bits per heavy atom. The van der Waals surface area contributed by atoms with E-state index in [0.29, 0.717) is 24.5 Å². The molecule has 0 heterocycles. The molecule has 0 atom stereocenters. The van der Waals surface area contributed by atoms with Crippen molar-refractivity contribution in [2.24, 2.45) is 11.5 Å². The summed E-state index contributed by atoms with van der Waals surface area (Å²) in [6.07, 6.45) is -0.307. The number of carbonyl (C=O) groups excluding carboxylic acids is 2. The van der Waals surface area contributed by atoms with Crippen molar-refractivity contribution in [1.82, 2.24) is 0 Å². The average Bonchev–Trinajstić information content (AvgIpc) is 2.42. The summed E-state index contributed by atoms with van der Waals surface area (Å²) in [6.45, 7) is 0.723. The summed E-state index contributed by atoms with van der Waals surface area (Å²) < 4.78 is 9.78. The Balaban J connectivity index is 2.47. The van der Waals surface area contributed by atoms with Crippen molar-refractivity contribution in [3.05, 3.63) is 34.9 Å². The lowest BCUT2D eigenvalue weighted by Gasteiger charge is -2.09. The largest absolute Gasteiger partial charge is 0.447 e. The Kier molecular flexibility index (Phi) is 6.83. The van der Waals surface area contributed by atoms with Crippen molar-refractivity contribution in [2.45, 2.75) is 12.3 Å². The van der Waals surface area contributed by atoms with Crippen LogP contribution >= 0.6 is 11.6 Å². The number of hydrogen-bond donors (Lipinski definition) is 2. The lowest BCUT2D eigenvalue weighted by Crippen LogP contribution is -2.17. The van der Waals surface area contributed by atoms with Gasteiger partial charge in [-0.15, -0.1) is 11.6 Å². The number of carbonyl (C=O) groups is 2. The minimum absolute atomic E-state index is 0.100. The quantitative estimate of drug-likeness (QED) is 0.555. The molecule has 0 fully saturated rings. The first-order valence-electron chi connectivity index (χ1n) is 6.02. The molecule has 0 aliphatic carbocycles. The predicted molar refractivity (Wildman–Crippen MR) is 74.6 cm³/mol. The number of hydrogen-bond acceptors (Lipinski definition) is 4. The Hall–Kier alpha value is -1.79. The molecular weight excluding hydrogens is 284 g/mol. The van der Waals surface area contributed by atoms with Gasteiger partial charge in [0.1, 0.15) is 6.61 Å². The fourth-order valence-corrected chi connectivity index (χ4v) is 1.81. The van der Waals surface area contributed by atoms with Crippen LogP contribution in [0.1, 0.15) is 21.5 Å². The van der Waals surface area contributed by atoms with E-state index in [-0.39, 0.29) is 13.2 Å². The van der Waals surface area contributed by atoms with Gasteiger partial charge in [-0.25, -0.2) is 4.79 Å². The maximum Gasteiger partial charge on any atom is 0.404 e. The van der Waals surface area contributed by atoms with Gasteiger partial charge in [-0.2, -0.15) is 0 Å². The van der Waals surface area contributed by atoms with Crippen LogP contribution in [0.4, 0.5) is 4.79 Å². The lowest BCUT2D eigenvalue weighted by molar-refractivity contribution is 0.0778. The number of alkyl halides is 1. The Bertz CT molecular complexity index is 479. The minimum Gasteiger partial charge on any atom is -0.447 e. The number of ether oxygens (including phenoxy) is 2. The van der Waals surface area contributed by atoms with Crippen LogP contribution in [0.2, 0.25) is 0 Å². The SMILES string of the molecule is NC(=O)OCCOCCc1ccc(CCl)cc1C(N)=O. The molecule has 0 saturated heterocycles. The highest BCUT2D eigenvalue weighted by atomic mass is 35.5. The molecule has 1 rings (SSSR count). The monoisotopic (exact) mass is 300 g/mol. The van der Waals surface area contributed by atoms with E-state index in [1.165, 1.54) is 0 Å². The van der Waals surface area contributed by atoms with Gasteiger partial charge >= 0.3 is 6.09 Å². The molecule has 20 heavy (non-hydrogen) atoms. The summed E-state index contributed by atoms with van der Waals surface area (Å²) in [5.41, 5.74) is 12.2. The van der Waals surface area contributed by atoms with Crippen molar-refractivity contribution in [3.8, 4) is 0 Å². The Labute approximate surface area is 122 Å². The Morgan fingerprint density at radius 2 is 1.90 bits per heavy atom. The van der Waals surface area contributed by atoms with Crippen molar-refractivity contribution < 1.29 is 19.1 Å². The molecule has 0 aliphatic rings. The maximum atomic E-state index is 11.4. The number of amides is 2. The zero-order valence-electron chi connectivity index (χ0n) is 10.9. The van der Waals surface area contributed by atoms with Crippen LogP contribution in [-0.2, 0) is 21.8 Å². The minimum atomic E-state index is -0.832. The molecule has 0 saturated carbocycles. The zero-order valence-corrected chi connectivity index (χ0v) is 11.7. The molecule has 1 aromatic carbocycles. The lowest BCUT2D eigenvalue weighted by atomic mass is 10.0. The second kappa shape index (κ2) is 8.39. The average molecular weight is 301 g/mol. The fraction of sp³-hybridized carbons (Fsp3) is 0.385. The molecule has 0 unspecified atom stereocenters. The van der Waals surface area contributed by atoms with Gasteiger partial charge in [0.15, 0.2) is 0 Å². The van der Waals surface area contributed by atoms with Crippen molar-refractivity contribution >= 4 is 23.6 Å². The molecule has 1 aromatic rings. The van der Waals surface area contributed by atoms with Crippen molar-refractivity contribution in [3.63, 3.8) is 0 Å². The highest BCUT2D eigenvalue weighted by molar-refractivity contribution is 6.17. The number of halogens is 1. The van der Waals surface area contributed by atoms with Crippen LogP contribution in [0.15, 0.2) is 18.2 Å². The molecule has 6 nitrogen and oxygen atoms in total. The van der Waals surface area contributed by atoms with Gasteiger partial charge < -0.3 is 20.9 Å². The smallest absolute Gasteiger partial charge is 0.404 e. The van der Waals surface area contributed by atoms with Crippen LogP contribution in [0, 0.1) is 0 Å². The van der Waals surface area contributed by atoms with Gasteiger partial charge in [0.25, 0.3) is 0 Å². The fourth-order valence-electron chi connectivity index (χ4n) is 1.64. The van der Waals surface area contributed by atoms with Crippen LogP contribution in [0.5, 0.6) is 0 Å². The third-order valence-electron chi connectivity index (χ3n) is 2.58. The third-order valence-corrected chi connectivity index (χ3v) is 2.89. The molecule has 110 valence electrons. The van der Waals surface area contributed by atoms with Gasteiger partial charge in [0.05, 0.1) is 13.2 Å². The molecule has 0 aliphatic heterocycles. The predicted octanol–water partition coefficient (Wildman–Crippen LogP) is 1.18. The van der Waals surface area contributed by atoms with E-state index in [1.54, 1.807) is 12.1 Å². The molecule has 0 bridgehead atoms. The first-order valence-corrected chi connectivity index (χ1v) is 6.55. The topological polar surface area (TPSA) is 105 Å². The summed E-state index contributed by atoms with van der Waals surface area (Å²) in [5, 5.41) is 0. The molecule has 2 amide bonds. The van der Waals surface area contributed by atoms with Gasteiger partial charge in [-0.1, -0.05) is 12.1 Å². The van der Waals surface area contributed by atoms with E-state index in [2.05, 4.69) is 4.74 Å². The van der Waals surface area contributed by atoms with Crippen molar-refractivity contribution in [2.75, 3.05) is 19.8 Å². The molecular formula is C13H17ClN2O4. The summed E-state index contributed by atoms with van der Waals surface area (Å²) in [4.78, 5) is 21.7. The number of primary amides is 2. The van der Waals surface area contributed by atoms with E-state index in [4.69, 9.17) is 27.8 Å². The van der Waals surface area contributed by atoms with Gasteiger partial charge in [0, 0.05) is 11.4 Å². The number of benzene rings is 1. The molecule has 7 heteroatoms. The number of nitrogens with two attached hydrogens (primary N) is 2. The normalized spacial score (nSPS) is 10.2. The second-order valence-electron chi connectivity index (χ2n) is 4.02. The first-order chi connectivity index (χ1) is 9.54. The molecule has 0 aromatic heterocycles. The summed E-state index contributed by atoms with van der Waals surface area (Å²) in [5.74, 6) is -0.175. The van der Waals surface area contributed by atoms with E-state index in [0.717, 1.165) is 11.1 Å². The van der Waals surface area contributed by atoms with Crippen LogP contribution in [0.3, 0.4) is 0 Å². The Morgan fingerprint density at radius 3 is 2.50 bits per heavy atom. The first kappa shape index (κ1) is 16.3. The number of rotatable bonds is 8. The summed E-state index contributed by atoms with van der Waals surface area (Å²) >= 11 is 5.71. The zero-order chi connectivity index (χ0) is 15.0. The highest BCUT2D eigenvalue weighted by Crippen LogP contribution is 2.14. The van der Waals surface area contributed by atoms with Gasteiger partial charge in [0.2, 0.25) is 5.91 Å². The van der Waals surface area contributed by atoms with E-state index < -0.39 is 12.0 Å². The van der Waals surface area contributed by atoms with Crippen LogP contribution < -0.4 is 11.5 Å². The maximum absolute atomic E-state index is 11.4. The summed E-state index contributed by atoms with van der Waals surface area (Å²) in [7, 11) is 0. The summed E-state index contributed by atoms with van der Waals surface area (Å²) in [6, 6.07) is 5.33. The van der Waals surface area contributed by atoms with Crippen molar-refractivity contribution in [1.29, 1.82) is 0 Å². The van der Waals surface area contributed by atoms with Gasteiger partial charge in [-0.05, 0) is 23.6 Å². The highest BCUT2D eigenvalue weighted by Gasteiger charge is 2.09. The van der Waals surface area contributed by atoms with Gasteiger partial charge in [-0.3, -0.25) is 4.79 Å². The third kappa shape index (κ3) is 5.46. The van der Waals surface area contributed by atoms with Crippen LogP contribution in [-0.4, -0.2) is 31.8 Å². The van der Waals surface area contributed by atoms with Crippen LogP contribution in [0.25, 0.3) is 0 Å². The molecule has 0 radical (unpaired) electrons. The van der Waals surface area contributed by atoms with E-state index in [1.807, 2.05) is 6.07 Å². The molecule has 0 spiro atoms. The van der Waals surface area contributed by atoms with E-state index in [9.17, 15) is 9.59 Å². The standard InChI is InChI=1S/C13H17ClN2O4/c14-8-9-1-2-10(11(7-9)12(15)17)3-4-19-5-6-20-13(16)18/h1-2,7H,3-6,8H2,(H2,15,17)(H2,16,18). The second-order valence-corrected chi connectivity index (χ2v) is 4.29. The van der Waals surface area contributed by atoms with E-state index >= 15 is 0 Å². The molecule has 4 N–H and O–H groups in total.